The molecule has 57 heavy (non-hydrogen) atoms. The van der Waals surface area contributed by atoms with Crippen LogP contribution in [0.25, 0.3) is 77.2 Å². The number of anilines is 3. The number of hydrogen-bond donors (Lipinski definition) is 0. The lowest BCUT2D eigenvalue weighted by Gasteiger charge is -2.26. The fourth-order valence-corrected chi connectivity index (χ4v) is 7.61. The molecule has 0 aliphatic heterocycles. The summed E-state index contributed by atoms with van der Waals surface area (Å²) < 4.78 is 76.0. The van der Waals surface area contributed by atoms with Gasteiger partial charge in [0.15, 0.2) is 0 Å². The highest BCUT2D eigenvalue weighted by molar-refractivity contribution is 6.04. The first-order valence-corrected chi connectivity index (χ1v) is 18.9. The molecule has 268 valence electrons. The average Bonchev–Trinajstić information content (AvgIpc) is 3.35. The normalized spacial score (nSPS) is 13.1. The van der Waals surface area contributed by atoms with Crippen molar-refractivity contribution in [3.63, 3.8) is 0 Å². The topological polar surface area (TPSA) is 3.24 Å². The maximum Gasteiger partial charge on any atom is 0.0645 e. The van der Waals surface area contributed by atoms with Crippen LogP contribution < -0.4 is 4.90 Å². The molecule has 0 unspecified atom stereocenters. The van der Waals surface area contributed by atoms with Crippen molar-refractivity contribution in [3.05, 3.63) is 236 Å². The molecule has 0 N–H and O–H groups in total. The van der Waals surface area contributed by atoms with E-state index in [0.29, 0.717) is 16.8 Å². The van der Waals surface area contributed by atoms with Crippen LogP contribution in [0.5, 0.6) is 0 Å². The number of benzene rings is 10. The minimum atomic E-state index is -0.398. The summed E-state index contributed by atoms with van der Waals surface area (Å²) in [5.41, 5.74) is 6.80. The van der Waals surface area contributed by atoms with Crippen molar-refractivity contribution >= 4 is 38.6 Å². The zero-order valence-corrected chi connectivity index (χ0v) is 30.8. The molecule has 0 bridgehead atoms. The van der Waals surface area contributed by atoms with Crippen LogP contribution >= 0.6 is 0 Å². The summed E-state index contributed by atoms with van der Waals surface area (Å²) in [6.45, 7) is 0. The molecule has 10 rings (SSSR count). The second-order valence-corrected chi connectivity index (χ2v) is 13.9. The Kier molecular flexibility index (Phi) is 6.92. The van der Waals surface area contributed by atoms with Gasteiger partial charge in [-0.1, -0.05) is 200 Å². The van der Waals surface area contributed by atoms with Crippen molar-refractivity contribution in [2.75, 3.05) is 4.90 Å². The Morgan fingerprint density at radius 2 is 0.737 bits per heavy atom. The predicted molar refractivity (Wildman–Crippen MR) is 243 cm³/mol. The predicted octanol–water partition coefficient (Wildman–Crippen LogP) is 15.8. The van der Waals surface area contributed by atoms with E-state index >= 15 is 0 Å². The van der Waals surface area contributed by atoms with Gasteiger partial charge < -0.3 is 4.90 Å². The maximum atomic E-state index is 9.68. The second-order valence-electron chi connectivity index (χ2n) is 13.9. The molecule has 10 aromatic rings. The van der Waals surface area contributed by atoms with Gasteiger partial charge in [-0.25, -0.2) is 0 Å². The van der Waals surface area contributed by atoms with Crippen LogP contribution in [0.2, 0.25) is 0 Å². The molecule has 0 fully saturated rings. The summed E-state index contributed by atoms with van der Waals surface area (Å²) in [5, 5.41) is 4.17. The molecule has 0 atom stereocenters. The Morgan fingerprint density at radius 3 is 1.39 bits per heavy atom. The molecule has 0 saturated heterocycles. The highest BCUT2D eigenvalue weighted by atomic mass is 15.1. The van der Waals surface area contributed by atoms with Crippen LogP contribution in [0.15, 0.2) is 236 Å². The van der Waals surface area contributed by atoms with E-state index < -0.39 is 12.1 Å². The lowest BCUT2D eigenvalue weighted by atomic mass is 9.90. The van der Waals surface area contributed by atoms with Gasteiger partial charge in [0.25, 0.3) is 0 Å². The number of nitrogens with zero attached hydrogens (tertiary/aromatic N) is 1. The van der Waals surface area contributed by atoms with Crippen LogP contribution in [0.3, 0.4) is 0 Å². The summed E-state index contributed by atoms with van der Waals surface area (Å²) in [6, 6.07) is 57.4. The number of rotatable bonds is 8. The van der Waals surface area contributed by atoms with E-state index in [9.17, 15) is 11.0 Å². The Hall–Kier alpha value is -7.48. The molecule has 0 aliphatic carbocycles. The van der Waals surface area contributed by atoms with Gasteiger partial charge in [-0.3, -0.25) is 0 Å². The zero-order valence-electron chi connectivity index (χ0n) is 38.8. The molecule has 0 saturated carbocycles. The molecular weight excluding hydrogens is 687 g/mol. The van der Waals surface area contributed by atoms with Gasteiger partial charge in [0, 0.05) is 17.1 Å². The largest absolute Gasteiger partial charge is 0.311 e. The SMILES string of the molecule is [2H]c1c([2H])c(N(c2ccc(-c3ccc(-c4cccc5ccccc45)cc3)cc2)c2c([2H])c([2H])c(-c3ccc4ccccc4c3-c3ccccc3)c([2H])c2[2H])c([2H])c([2H])c1-c1ccccc1. The van der Waals surface area contributed by atoms with Crippen molar-refractivity contribution in [1.29, 1.82) is 0 Å². The third kappa shape index (κ3) is 6.66. The summed E-state index contributed by atoms with van der Waals surface area (Å²) in [5.74, 6) is 0. The lowest BCUT2D eigenvalue weighted by molar-refractivity contribution is 1.28. The van der Waals surface area contributed by atoms with Crippen molar-refractivity contribution in [2.24, 2.45) is 0 Å². The lowest BCUT2D eigenvalue weighted by Crippen LogP contribution is -2.09. The van der Waals surface area contributed by atoms with Gasteiger partial charge in [-0.15, -0.1) is 0 Å². The zero-order chi connectivity index (χ0) is 44.9. The van der Waals surface area contributed by atoms with E-state index in [4.69, 9.17) is 0 Å². The molecular formula is C56H39N. The highest BCUT2D eigenvalue weighted by Crippen LogP contribution is 2.41. The summed E-state index contributed by atoms with van der Waals surface area (Å²) in [4.78, 5) is 1.35. The molecule has 0 spiro atoms. The van der Waals surface area contributed by atoms with Crippen molar-refractivity contribution in [2.45, 2.75) is 0 Å². The third-order valence-electron chi connectivity index (χ3n) is 10.4. The van der Waals surface area contributed by atoms with Crippen molar-refractivity contribution in [3.8, 4) is 55.6 Å². The molecule has 0 radical (unpaired) electrons. The Morgan fingerprint density at radius 1 is 0.263 bits per heavy atom. The molecule has 0 heterocycles. The average molecular weight is 734 g/mol. The second kappa shape index (κ2) is 15.0. The first-order chi connectivity index (χ1) is 31.6. The summed E-state index contributed by atoms with van der Waals surface area (Å²) >= 11 is 0. The standard InChI is InChI=1S/C56H39N/c1-3-12-40(13-4-1)42-26-33-49(34-27-42)57(50-35-28-43(29-36-50)41-22-24-46(25-23-41)53-21-11-18-44-14-7-9-19-52(44)53)51-37-30-47(31-38-51)55-39-32-45-15-8-10-20-54(45)56(55)48-16-5-2-6-17-48/h1-39H/i26D,27D,30D,31D,33D,34D,37D,38D. The molecule has 0 aliphatic rings. The van der Waals surface area contributed by atoms with Gasteiger partial charge in [-0.2, -0.15) is 0 Å². The van der Waals surface area contributed by atoms with Crippen LogP contribution in [-0.4, -0.2) is 0 Å². The molecule has 0 aromatic heterocycles. The maximum absolute atomic E-state index is 9.68. The highest BCUT2D eigenvalue weighted by Gasteiger charge is 2.16. The minimum absolute atomic E-state index is 0.106. The van der Waals surface area contributed by atoms with E-state index in [-0.39, 0.29) is 58.8 Å². The smallest absolute Gasteiger partial charge is 0.0645 e. The van der Waals surface area contributed by atoms with Crippen LogP contribution in [0.4, 0.5) is 17.1 Å². The van der Waals surface area contributed by atoms with E-state index in [1.54, 1.807) is 36.4 Å². The molecule has 1 heteroatoms. The number of hydrogen-bond acceptors (Lipinski definition) is 1. The molecule has 1 nitrogen and oxygen atoms in total. The minimum Gasteiger partial charge on any atom is -0.311 e. The molecule has 0 amide bonds. The Balaban J connectivity index is 1.15. The van der Waals surface area contributed by atoms with E-state index in [2.05, 4.69) is 42.5 Å². The molecule has 10 aromatic carbocycles. The van der Waals surface area contributed by atoms with E-state index in [0.717, 1.165) is 54.9 Å². The quantitative estimate of drug-likeness (QED) is 0.150. The Labute approximate surface area is 345 Å². The number of fused-ring (bicyclic) bond motifs is 2. The van der Waals surface area contributed by atoms with Gasteiger partial charge in [0.1, 0.15) is 0 Å². The van der Waals surface area contributed by atoms with Gasteiger partial charge in [0.05, 0.1) is 11.0 Å². The first-order valence-electron chi connectivity index (χ1n) is 22.9. The fourth-order valence-electron chi connectivity index (χ4n) is 7.61. The van der Waals surface area contributed by atoms with E-state index in [1.165, 1.54) is 4.90 Å². The van der Waals surface area contributed by atoms with Gasteiger partial charge in [0.2, 0.25) is 0 Å². The first kappa shape index (κ1) is 26.3. The Bertz CT molecular complexity index is 3380. The van der Waals surface area contributed by atoms with E-state index in [1.807, 2.05) is 109 Å². The fraction of sp³-hybridized carbons (Fsp3) is 0. The van der Waals surface area contributed by atoms with Crippen molar-refractivity contribution in [1.82, 2.24) is 0 Å². The van der Waals surface area contributed by atoms with Crippen LogP contribution in [0, 0.1) is 0 Å². The van der Waals surface area contributed by atoms with Crippen LogP contribution in [0.1, 0.15) is 11.0 Å². The summed E-state index contributed by atoms with van der Waals surface area (Å²) in [6.07, 6.45) is 0. The van der Waals surface area contributed by atoms with Gasteiger partial charge >= 0.3 is 0 Å². The monoisotopic (exact) mass is 733 g/mol. The summed E-state index contributed by atoms with van der Waals surface area (Å²) in [7, 11) is 0. The van der Waals surface area contributed by atoms with Gasteiger partial charge in [-0.05, 0) is 113 Å². The van der Waals surface area contributed by atoms with Crippen LogP contribution in [-0.2, 0) is 0 Å². The third-order valence-corrected chi connectivity index (χ3v) is 10.4. The van der Waals surface area contributed by atoms with Crippen molar-refractivity contribution < 1.29 is 11.0 Å².